The van der Waals surface area contributed by atoms with Gasteiger partial charge in [0.2, 0.25) is 0 Å². The molecule has 0 fully saturated rings. The van der Waals surface area contributed by atoms with Crippen LogP contribution in [-0.2, 0) is 19.5 Å². The lowest BCUT2D eigenvalue weighted by Crippen LogP contribution is -2.15. The summed E-state index contributed by atoms with van der Waals surface area (Å²) in [6, 6.07) is 13.0. The Hall–Kier alpha value is -3.50. The van der Waals surface area contributed by atoms with Gasteiger partial charge >= 0.3 is 6.18 Å². The number of rotatable bonds is 7. The van der Waals surface area contributed by atoms with Crippen LogP contribution in [0.5, 0.6) is 5.75 Å². The van der Waals surface area contributed by atoms with E-state index in [1.807, 2.05) is 13.0 Å². The molecule has 0 unspecified atom stereocenters. The van der Waals surface area contributed by atoms with Crippen LogP contribution in [0.25, 0.3) is 0 Å². The van der Waals surface area contributed by atoms with E-state index < -0.39 is 17.6 Å². The van der Waals surface area contributed by atoms with Crippen molar-refractivity contribution in [1.29, 1.82) is 0 Å². The zero-order chi connectivity index (χ0) is 25.2. The number of carbonyl (C=O) groups is 1. The first kappa shape index (κ1) is 24.6. The number of alkyl halides is 3. The molecule has 0 saturated heterocycles. The SMILES string of the molecule is Cc1cc(NC(=O)c2ccn(COc3cccc(C(F)(F)F)c3)n2)nn1Cc1ccc(Cl)c(Cl)c1. The van der Waals surface area contributed by atoms with Crippen molar-refractivity contribution >= 4 is 34.9 Å². The molecule has 12 heteroatoms. The van der Waals surface area contributed by atoms with Gasteiger partial charge in [0.25, 0.3) is 5.91 Å². The Balaban J connectivity index is 1.37. The van der Waals surface area contributed by atoms with Crippen LogP contribution >= 0.6 is 23.2 Å². The molecule has 1 N–H and O–H groups in total. The van der Waals surface area contributed by atoms with Crippen molar-refractivity contribution in [1.82, 2.24) is 19.6 Å². The predicted molar refractivity (Wildman–Crippen MR) is 125 cm³/mol. The van der Waals surface area contributed by atoms with Crippen LogP contribution < -0.4 is 10.1 Å². The van der Waals surface area contributed by atoms with Gasteiger partial charge in [0.15, 0.2) is 18.2 Å². The van der Waals surface area contributed by atoms with Gasteiger partial charge in [0.05, 0.1) is 22.2 Å². The van der Waals surface area contributed by atoms with Crippen molar-refractivity contribution in [2.75, 3.05) is 5.32 Å². The largest absolute Gasteiger partial charge is 0.471 e. The van der Waals surface area contributed by atoms with Crippen LogP contribution in [0.4, 0.5) is 19.0 Å². The maximum absolute atomic E-state index is 12.8. The highest BCUT2D eigenvalue weighted by atomic mass is 35.5. The van der Waals surface area contributed by atoms with Crippen LogP contribution in [0, 0.1) is 6.92 Å². The smallest absolute Gasteiger partial charge is 0.416 e. The Bertz CT molecular complexity index is 1370. The van der Waals surface area contributed by atoms with E-state index in [0.717, 1.165) is 23.4 Å². The molecule has 4 rings (SSSR count). The Morgan fingerprint density at radius 2 is 1.86 bits per heavy atom. The molecule has 35 heavy (non-hydrogen) atoms. The number of hydrogen-bond donors (Lipinski definition) is 1. The summed E-state index contributed by atoms with van der Waals surface area (Å²) in [4.78, 5) is 12.6. The lowest BCUT2D eigenvalue weighted by Gasteiger charge is -2.10. The number of benzene rings is 2. The van der Waals surface area contributed by atoms with E-state index in [2.05, 4.69) is 15.5 Å². The zero-order valence-electron chi connectivity index (χ0n) is 18.2. The van der Waals surface area contributed by atoms with E-state index in [1.165, 1.54) is 29.1 Å². The maximum atomic E-state index is 12.8. The number of halogens is 5. The lowest BCUT2D eigenvalue weighted by atomic mass is 10.2. The summed E-state index contributed by atoms with van der Waals surface area (Å²) < 4.78 is 46.9. The third-order valence-corrected chi connectivity index (χ3v) is 5.68. The second kappa shape index (κ2) is 10.0. The number of nitrogens with one attached hydrogen (secondary N) is 1. The van der Waals surface area contributed by atoms with E-state index in [9.17, 15) is 18.0 Å². The highest BCUT2D eigenvalue weighted by molar-refractivity contribution is 6.42. The molecule has 2 aromatic carbocycles. The van der Waals surface area contributed by atoms with Gasteiger partial charge < -0.3 is 10.1 Å². The molecule has 0 bridgehead atoms. The summed E-state index contributed by atoms with van der Waals surface area (Å²) >= 11 is 12.0. The number of anilines is 1. The van der Waals surface area contributed by atoms with Crippen LogP contribution in [0.3, 0.4) is 0 Å². The predicted octanol–water partition coefficient (Wildman–Crippen LogP) is 6.05. The summed E-state index contributed by atoms with van der Waals surface area (Å²) in [5.74, 6) is -0.131. The van der Waals surface area contributed by atoms with Crippen LogP contribution in [0.2, 0.25) is 10.0 Å². The number of aryl methyl sites for hydroxylation is 1. The molecular formula is C23H18Cl2F3N5O2. The number of ether oxygens (including phenoxy) is 1. The molecule has 7 nitrogen and oxygen atoms in total. The number of nitrogens with zero attached hydrogens (tertiary/aromatic N) is 4. The fraction of sp³-hybridized carbons (Fsp3) is 0.174. The molecule has 0 saturated carbocycles. The van der Waals surface area contributed by atoms with Crippen molar-refractivity contribution in [3.8, 4) is 5.75 Å². The zero-order valence-corrected chi connectivity index (χ0v) is 19.7. The van der Waals surface area contributed by atoms with E-state index in [1.54, 1.807) is 22.9 Å². The molecule has 2 heterocycles. The van der Waals surface area contributed by atoms with Crippen molar-refractivity contribution in [3.63, 3.8) is 0 Å². The topological polar surface area (TPSA) is 74.0 Å². The summed E-state index contributed by atoms with van der Waals surface area (Å²) in [5.41, 5.74) is 0.980. The van der Waals surface area contributed by atoms with Crippen molar-refractivity contribution in [3.05, 3.63) is 93.4 Å². The molecule has 182 valence electrons. The highest BCUT2D eigenvalue weighted by Crippen LogP contribution is 2.31. The number of carbonyl (C=O) groups excluding carboxylic acids is 1. The third-order valence-electron chi connectivity index (χ3n) is 4.94. The van der Waals surface area contributed by atoms with Gasteiger partial charge in [-0.15, -0.1) is 0 Å². The molecule has 4 aromatic rings. The maximum Gasteiger partial charge on any atom is 0.416 e. The average molecular weight is 524 g/mol. The van der Waals surface area contributed by atoms with Crippen LogP contribution in [0.15, 0.2) is 60.8 Å². The lowest BCUT2D eigenvalue weighted by molar-refractivity contribution is -0.137. The summed E-state index contributed by atoms with van der Waals surface area (Å²) in [6.45, 7) is 2.10. The van der Waals surface area contributed by atoms with Crippen molar-refractivity contribution in [2.45, 2.75) is 26.4 Å². The van der Waals surface area contributed by atoms with Gasteiger partial charge in [-0.25, -0.2) is 4.68 Å². The number of amides is 1. The Morgan fingerprint density at radius 1 is 1.06 bits per heavy atom. The fourth-order valence-corrected chi connectivity index (χ4v) is 3.50. The minimum absolute atomic E-state index is 0.0318. The summed E-state index contributed by atoms with van der Waals surface area (Å²) in [6.07, 6.45) is -2.99. The summed E-state index contributed by atoms with van der Waals surface area (Å²) in [5, 5.41) is 12.1. The van der Waals surface area contributed by atoms with E-state index in [-0.39, 0.29) is 18.2 Å². The molecule has 0 spiro atoms. The normalized spacial score (nSPS) is 11.5. The first-order valence-corrected chi connectivity index (χ1v) is 11.0. The fourth-order valence-electron chi connectivity index (χ4n) is 3.18. The number of aromatic nitrogens is 4. The van der Waals surface area contributed by atoms with Crippen LogP contribution in [0.1, 0.15) is 27.3 Å². The van der Waals surface area contributed by atoms with Crippen LogP contribution in [-0.4, -0.2) is 25.5 Å². The molecule has 0 aliphatic heterocycles. The molecule has 0 radical (unpaired) electrons. The van der Waals surface area contributed by atoms with Crippen molar-refractivity contribution in [2.24, 2.45) is 0 Å². The van der Waals surface area contributed by atoms with E-state index in [0.29, 0.717) is 22.4 Å². The Kier molecular flexibility index (Phi) is 7.04. The number of hydrogen-bond acceptors (Lipinski definition) is 4. The monoisotopic (exact) mass is 523 g/mol. The van der Waals surface area contributed by atoms with Gasteiger partial charge in [-0.3, -0.25) is 9.48 Å². The second-order valence-electron chi connectivity index (χ2n) is 7.57. The molecular weight excluding hydrogens is 506 g/mol. The summed E-state index contributed by atoms with van der Waals surface area (Å²) in [7, 11) is 0. The van der Waals surface area contributed by atoms with E-state index in [4.69, 9.17) is 27.9 Å². The minimum Gasteiger partial charge on any atom is -0.471 e. The van der Waals surface area contributed by atoms with Gasteiger partial charge in [0.1, 0.15) is 5.75 Å². The average Bonchev–Trinajstić information content (AvgIpc) is 3.41. The van der Waals surface area contributed by atoms with Gasteiger partial charge in [-0.2, -0.15) is 23.4 Å². The highest BCUT2D eigenvalue weighted by Gasteiger charge is 2.30. The van der Waals surface area contributed by atoms with Gasteiger partial charge in [-0.05, 0) is 48.9 Å². The van der Waals surface area contributed by atoms with Crippen molar-refractivity contribution < 1.29 is 22.7 Å². The van der Waals surface area contributed by atoms with Gasteiger partial charge in [-0.1, -0.05) is 35.3 Å². The second-order valence-corrected chi connectivity index (χ2v) is 8.39. The molecule has 1 amide bonds. The minimum atomic E-state index is -4.47. The quantitative estimate of drug-likeness (QED) is 0.320. The Morgan fingerprint density at radius 3 is 2.60 bits per heavy atom. The first-order chi connectivity index (χ1) is 16.6. The standard InChI is InChI=1S/C23H18Cl2F3N5O2/c1-14-9-21(31-33(14)12-15-5-6-18(24)19(25)10-15)29-22(34)20-7-8-32(30-20)13-35-17-4-2-3-16(11-17)23(26,27)28/h2-11H,12-13H2,1H3,(H,29,31,34). The van der Waals surface area contributed by atoms with E-state index >= 15 is 0 Å². The molecule has 0 atom stereocenters. The Labute approximate surface area is 208 Å². The first-order valence-electron chi connectivity index (χ1n) is 10.2. The molecule has 0 aliphatic rings. The molecule has 0 aliphatic carbocycles. The molecule has 2 aromatic heterocycles. The van der Waals surface area contributed by atoms with Gasteiger partial charge in [0, 0.05) is 18.0 Å². The third kappa shape index (κ3) is 6.14.